The van der Waals surface area contributed by atoms with E-state index in [9.17, 15) is 0 Å². The van der Waals surface area contributed by atoms with E-state index in [1.165, 1.54) is 0 Å². The lowest BCUT2D eigenvalue weighted by Crippen LogP contribution is -2.17. The van der Waals surface area contributed by atoms with Crippen LogP contribution in [0.4, 0.5) is 0 Å². The summed E-state index contributed by atoms with van der Waals surface area (Å²) >= 11 is 0. The van der Waals surface area contributed by atoms with Gasteiger partial charge in [0.1, 0.15) is 5.75 Å². The van der Waals surface area contributed by atoms with Gasteiger partial charge >= 0.3 is 0 Å². The number of nitrogens with two attached hydrogens (primary N) is 1. The van der Waals surface area contributed by atoms with E-state index < -0.39 is 9.04 Å². The first-order valence-electron chi connectivity index (χ1n) is 6.62. The predicted molar refractivity (Wildman–Crippen MR) is 83.8 cm³/mol. The summed E-state index contributed by atoms with van der Waals surface area (Å²) in [4.78, 5) is 8.23. The van der Waals surface area contributed by atoms with Crippen LogP contribution in [0.25, 0.3) is 6.08 Å². The molecule has 0 aliphatic carbocycles. The molecule has 0 saturated carbocycles. The maximum Gasteiger partial charge on any atom is 0.257 e. The molecule has 0 spiro atoms. The fourth-order valence-electron chi connectivity index (χ4n) is 1.83. The maximum atomic E-state index is 6.05. The number of nitrogens with zero attached hydrogens (tertiary/aromatic N) is 2. The molecule has 2 N–H and O–H groups in total. The van der Waals surface area contributed by atoms with Gasteiger partial charge in [0.25, 0.3) is 9.04 Å². The van der Waals surface area contributed by atoms with Crippen LogP contribution in [0.1, 0.15) is 24.2 Å². The van der Waals surface area contributed by atoms with Crippen molar-refractivity contribution in [3.05, 3.63) is 59.8 Å². The summed E-state index contributed by atoms with van der Waals surface area (Å²) in [5, 5.41) is 0. The Balaban J connectivity index is 2.05. The maximum absolute atomic E-state index is 6.05. The smallest absolute Gasteiger partial charge is 0.257 e. The lowest BCUT2D eigenvalue weighted by atomic mass is 10.1. The van der Waals surface area contributed by atoms with Crippen LogP contribution in [-0.4, -0.2) is 19.0 Å². The molecule has 0 aliphatic rings. The Kier molecular flexibility index (Phi) is 5.03. The molecule has 0 radical (unpaired) electrons. The standard InChI is InChI=1S/C15H19N3OSi/c1-12(16)14-5-3-4-6-15(14)19-20(2)10-7-13-11-17-8-9-18-13/h3-12,20H,16H2,1-2H3/b10-7+. The van der Waals surface area contributed by atoms with Crippen LogP contribution in [0.2, 0.25) is 6.55 Å². The molecule has 2 atom stereocenters. The molecule has 1 aromatic carbocycles. The fourth-order valence-corrected chi connectivity index (χ4v) is 3.00. The Labute approximate surface area is 121 Å². The van der Waals surface area contributed by atoms with Crippen molar-refractivity contribution in [2.24, 2.45) is 5.73 Å². The van der Waals surface area contributed by atoms with Crippen molar-refractivity contribution in [2.45, 2.75) is 19.5 Å². The van der Waals surface area contributed by atoms with Gasteiger partial charge in [0.15, 0.2) is 0 Å². The van der Waals surface area contributed by atoms with E-state index in [-0.39, 0.29) is 6.04 Å². The Morgan fingerprint density at radius 2 is 2.10 bits per heavy atom. The second-order valence-corrected chi connectivity index (χ2v) is 6.67. The van der Waals surface area contributed by atoms with Crippen molar-refractivity contribution in [3.63, 3.8) is 0 Å². The van der Waals surface area contributed by atoms with Crippen molar-refractivity contribution in [1.29, 1.82) is 0 Å². The quantitative estimate of drug-likeness (QED) is 0.857. The molecule has 104 valence electrons. The zero-order valence-corrected chi connectivity index (χ0v) is 12.9. The Morgan fingerprint density at radius 3 is 2.80 bits per heavy atom. The molecular formula is C15H19N3OSi. The lowest BCUT2D eigenvalue weighted by Gasteiger charge is -2.16. The van der Waals surface area contributed by atoms with Crippen LogP contribution >= 0.6 is 0 Å². The third-order valence-corrected chi connectivity index (χ3v) is 4.20. The minimum atomic E-state index is -1.47. The highest BCUT2D eigenvalue weighted by atomic mass is 28.3. The van der Waals surface area contributed by atoms with Gasteiger partial charge in [0, 0.05) is 24.0 Å². The van der Waals surface area contributed by atoms with E-state index in [4.69, 9.17) is 10.2 Å². The molecule has 0 bridgehead atoms. The summed E-state index contributed by atoms with van der Waals surface area (Å²) in [5.41, 5.74) is 9.92. The minimum absolute atomic E-state index is 0.0311. The van der Waals surface area contributed by atoms with Gasteiger partial charge < -0.3 is 10.2 Å². The van der Waals surface area contributed by atoms with Gasteiger partial charge in [0.05, 0.1) is 11.9 Å². The number of hydrogen-bond donors (Lipinski definition) is 1. The Bertz CT molecular complexity index is 572. The molecule has 0 saturated heterocycles. The topological polar surface area (TPSA) is 61.0 Å². The van der Waals surface area contributed by atoms with Gasteiger partial charge in [-0.25, -0.2) is 0 Å². The number of para-hydroxylation sites is 1. The van der Waals surface area contributed by atoms with Crippen LogP contribution in [0, 0.1) is 0 Å². The second kappa shape index (κ2) is 6.98. The number of rotatable bonds is 5. The number of benzene rings is 1. The highest BCUT2D eigenvalue weighted by Gasteiger charge is 2.09. The molecule has 0 fully saturated rings. The zero-order chi connectivity index (χ0) is 14.4. The van der Waals surface area contributed by atoms with Gasteiger partial charge in [-0.1, -0.05) is 23.9 Å². The molecular weight excluding hydrogens is 266 g/mol. The monoisotopic (exact) mass is 285 g/mol. The molecule has 1 aromatic heterocycles. The van der Waals surface area contributed by atoms with Crippen LogP contribution in [0.15, 0.2) is 48.6 Å². The van der Waals surface area contributed by atoms with E-state index in [1.54, 1.807) is 18.6 Å². The first kappa shape index (κ1) is 14.4. The van der Waals surface area contributed by atoms with Crippen molar-refractivity contribution in [1.82, 2.24) is 9.97 Å². The highest BCUT2D eigenvalue weighted by Crippen LogP contribution is 2.23. The first-order valence-corrected chi connectivity index (χ1v) is 8.91. The predicted octanol–water partition coefficient (Wildman–Crippen LogP) is 2.48. The van der Waals surface area contributed by atoms with E-state index in [2.05, 4.69) is 22.2 Å². The third-order valence-electron chi connectivity index (χ3n) is 2.84. The van der Waals surface area contributed by atoms with Crippen LogP contribution < -0.4 is 10.2 Å². The molecule has 2 rings (SSSR count). The van der Waals surface area contributed by atoms with Gasteiger partial charge in [0.2, 0.25) is 0 Å². The normalized spacial score (nSPS) is 14.2. The summed E-state index contributed by atoms with van der Waals surface area (Å²) in [6, 6.07) is 7.89. The van der Waals surface area contributed by atoms with Crippen LogP contribution in [0.5, 0.6) is 5.75 Å². The van der Waals surface area contributed by atoms with E-state index >= 15 is 0 Å². The first-order chi connectivity index (χ1) is 9.66. The number of aromatic nitrogens is 2. The van der Waals surface area contributed by atoms with E-state index in [0.29, 0.717) is 0 Å². The van der Waals surface area contributed by atoms with Crippen LogP contribution in [0.3, 0.4) is 0 Å². The van der Waals surface area contributed by atoms with Crippen molar-refractivity contribution < 1.29 is 4.43 Å². The van der Waals surface area contributed by atoms with E-state index in [1.807, 2.05) is 37.3 Å². The molecule has 5 heteroatoms. The van der Waals surface area contributed by atoms with Gasteiger partial charge in [-0.15, -0.1) is 0 Å². The van der Waals surface area contributed by atoms with E-state index in [0.717, 1.165) is 17.0 Å². The highest BCUT2D eigenvalue weighted by molar-refractivity contribution is 6.57. The summed E-state index contributed by atoms with van der Waals surface area (Å²) in [6.07, 6.45) is 7.03. The summed E-state index contributed by atoms with van der Waals surface area (Å²) in [5.74, 6) is 0.880. The van der Waals surface area contributed by atoms with Crippen molar-refractivity contribution in [3.8, 4) is 5.75 Å². The van der Waals surface area contributed by atoms with Gasteiger partial charge in [-0.3, -0.25) is 9.97 Å². The largest absolute Gasteiger partial charge is 0.543 e. The zero-order valence-electron chi connectivity index (χ0n) is 11.7. The number of hydrogen-bond acceptors (Lipinski definition) is 4. The van der Waals surface area contributed by atoms with Crippen molar-refractivity contribution >= 4 is 15.1 Å². The second-order valence-electron chi connectivity index (χ2n) is 4.64. The van der Waals surface area contributed by atoms with Gasteiger partial charge in [-0.2, -0.15) is 0 Å². The van der Waals surface area contributed by atoms with Gasteiger partial charge in [-0.05, 0) is 25.6 Å². The molecule has 0 amide bonds. The molecule has 4 nitrogen and oxygen atoms in total. The average molecular weight is 285 g/mol. The molecule has 1 heterocycles. The minimum Gasteiger partial charge on any atom is -0.543 e. The summed E-state index contributed by atoms with van der Waals surface area (Å²) in [7, 11) is -1.47. The fraction of sp³-hybridized carbons (Fsp3) is 0.200. The SMILES string of the molecule is CC(N)c1ccccc1O[SiH](C)/C=C/c1cnccn1. The Hall–Kier alpha value is -1.98. The molecule has 20 heavy (non-hydrogen) atoms. The molecule has 2 unspecified atom stereocenters. The average Bonchev–Trinajstić information content (AvgIpc) is 2.46. The third kappa shape index (κ3) is 4.01. The Morgan fingerprint density at radius 1 is 1.30 bits per heavy atom. The van der Waals surface area contributed by atoms with Crippen LogP contribution in [-0.2, 0) is 0 Å². The summed E-state index contributed by atoms with van der Waals surface area (Å²) in [6.45, 7) is 4.08. The summed E-state index contributed by atoms with van der Waals surface area (Å²) < 4.78 is 6.05. The molecule has 2 aromatic rings. The lowest BCUT2D eigenvalue weighted by molar-refractivity contribution is 0.567. The van der Waals surface area contributed by atoms with Crippen molar-refractivity contribution in [2.75, 3.05) is 0 Å². The molecule has 0 aliphatic heterocycles.